The minimum atomic E-state index is -3.15. The normalized spacial score (nSPS) is 30.5. The van der Waals surface area contributed by atoms with Crippen LogP contribution in [0.3, 0.4) is 0 Å². The number of H-pyrrole nitrogens is 3. The van der Waals surface area contributed by atoms with Crippen LogP contribution in [0.1, 0.15) is 113 Å². The smallest absolute Gasteiger partial charge is 0.351 e. The number of aryl methyl sites for hydroxylation is 3. The van der Waals surface area contributed by atoms with E-state index in [1.807, 2.05) is 6.92 Å². The van der Waals surface area contributed by atoms with Crippen molar-refractivity contribution in [1.29, 1.82) is 0 Å². The summed E-state index contributed by atoms with van der Waals surface area (Å²) in [5.41, 5.74) is 8.97. The van der Waals surface area contributed by atoms with E-state index < -0.39 is 155 Å². The Labute approximate surface area is 467 Å². The summed E-state index contributed by atoms with van der Waals surface area (Å²) in [6, 6.07) is 1.14. The van der Waals surface area contributed by atoms with E-state index >= 15 is 4.39 Å². The van der Waals surface area contributed by atoms with Crippen molar-refractivity contribution >= 4 is 11.6 Å². The van der Waals surface area contributed by atoms with Gasteiger partial charge in [0.2, 0.25) is 0 Å². The Balaban J connectivity index is 1.14. The van der Waals surface area contributed by atoms with Crippen LogP contribution in [0.5, 0.6) is 0 Å². The number of anilines is 2. The minimum Gasteiger partial charge on any atom is -0.390 e. The summed E-state index contributed by atoms with van der Waals surface area (Å²) in [4.78, 5) is 119. The number of aliphatic hydroxyl groups excluding tert-OH is 4. The number of hydrogen-bond donors (Lipinski definition) is 10. The van der Waals surface area contributed by atoms with Crippen molar-refractivity contribution in [3.63, 3.8) is 0 Å². The van der Waals surface area contributed by atoms with Gasteiger partial charge in [0.1, 0.15) is 66.6 Å². The van der Waals surface area contributed by atoms with Crippen molar-refractivity contribution in [3.05, 3.63) is 149 Å². The lowest BCUT2D eigenvalue weighted by Crippen LogP contribution is -2.66. The Bertz CT molecular complexity index is 3710. The second-order valence-corrected chi connectivity index (χ2v) is 21.4. The maximum atomic E-state index is 18.8. The third kappa shape index (κ3) is 11.0. The Morgan fingerprint density at radius 1 is 0.699 bits per heavy atom. The van der Waals surface area contributed by atoms with E-state index in [0.29, 0.717) is 11.0 Å². The number of alkyl halides is 1. The number of hydrogen-bond acceptors (Lipinski definition) is 23. The minimum absolute atomic E-state index is 0.0419. The van der Waals surface area contributed by atoms with Crippen LogP contribution >= 0.6 is 0 Å². The van der Waals surface area contributed by atoms with E-state index in [4.69, 9.17) is 45.6 Å². The van der Waals surface area contributed by atoms with Gasteiger partial charge in [-0.2, -0.15) is 9.97 Å². The lowest BCUT2D eigenvalue weighted by atomic mass is 9.69. The monoisotopic (exact) mass is 1170 g/mol. The maximum Gasteiger partial charge on any atom is 0.351 e. The quantitative estimate of drug-likeness (QED) is 0.0390. The lowest BCUT2D eigenvalue weighted by Gasteiger charge is -2.49. The molecule has 0 bridgehead atoms. The van der Waals surface area contributed by atoms with Gasteiger partial charge in [-0.1, -0.05) is 20.3 Å². The zero-order valence-corrected chi connectivity index (χ0v) is 45.1. The summed E-state index contributed by atoms with van der Waals surface area (Å²) >= 11 is 0. The van der Waals surface area contributed by atoms with Crippen LogP contribution in [0.25, 0.3) is 0 Å². The molecule has 449 valence electrons. The van der Waals surface area contributed by atoms with Gasteiger partial charge in [-0.15, -0.1) is 0 Å². The van der Waals surface area contributed by atoms with Crippen molar-refractivity contribution in [2.45, 2.75) is 183 Å². The first-order chi connectivity index (χ1) is 39.5. The van der Waals surface area contributed by atoms with Crippen LogP contribution in [0.2, 0.25) is 0 Å². The first-order valence-corrected chi connectivity index (χ1v) is 27.2. The molecule has 5 aromatic heterocycles. The SMILES string of the molecule is CCCc1cn([C@H]2CC[C@@H](C(O)[C](OC(O)[C@@H]3CC[C@H](n4ccc(N)nc4=O)O3)[C@@]3(C(O)[C@@H]4CC[C@H](n5cc(CC)c(=O)[nH]c5=O)O4)O[C@@H](n4ccc(N)nc4=O)[C@H](F)[C@@H]3C(O)[C@H]3O[C@@H](n4cc(C)c(=O)[nH]c4=O)C[C@@H]3N)O2)c(=O)[nH]c1=O. The zero-order chi connectivity index (χ0) is 59.5. The van der Waals surface area contributed by atoms with Crippen LogP contribution in [-0.4, -0.2) is 135 Å². The van der Waals surface area contributed by atoms with E-state index in [9.17, 15) is 58.8 Å². The number of halogens is 1. The Morgan fingerprint density at radius 2 is 1.22 bits per heavy atom. The van der Waals surface area contributed by atoms with Gasteiger partial charge in [-0.3, -0.25) is 52.2 Å². The second-order valence-electron chi connectivity index (χ2n) is 21.4. The van der Waals surface area contributed by atoms with E-state index in [2.05, 4.69) is 24.9 Å². The lowest BCUT2D eigenvalue weighted by molar-refractivity contribution is -0.271. The van der Waals surface area contributed by atoms with Crippen LogP contribution in [0.4, 0.5) is 16.0 Å². The van der Waals surface area contributed by atoms with Gasteiger partial charge in [0.25, 0.3) is 16.7 Å². The number of nitrogens with zero attached hydrogens (tertiary/aromatic N) is 7. The first-order valence-electron chi connectivity index (χ1n) is 27.2. The van der Waals surface area contributed by atoms with Gasteiger partial charge in [0, 0.05) is 60.1 Å². The van der Waals surface area contributed by atoms with E-state index in [1.54, 1.807) is 6.92 Å². The molecule has 32 heteroatoms. The number of nitrogens with two attached hydrogens (primary N) is 3. The molecule has 13 N–H and O–H groups in total. The molecule has 1 radical (unpaired) electrons. The summed E-state index contributed by atoms with van der Waals surface area (Å²) in [6.45, 7) is 4.90. The largest absolute Gasteiger partial charge is 0.390 e. The molecule has 0 aromatic carbocycles. The Hall–Kier alpha value is -7.11. The summed E-state index contributed by atoms with van der Waals surface area (Å²) in [6.07, 6.45) is -20.5. The zero-order valence-electron chi connectivity index (χ0n) is 45.1. The molecule has 0 spiro atoms. The predicted molar refractivity (Wildman–Crippen MR) is 283 cm³/mol. The highest BCUT2D eigenvalue weighted by Crippen LogP contribution is 2.57. The molecule has 5 aliphatic heterocycles. The highest BCUT2D eigenvalue weighted by molar-refractivity contribution is 5.27. The molecule has 5 saturated heterocycles. The Morgan fingerprint density at radius 3 is 1.82 bits per heavy atom. The molecule has 10 heterocycles. The number of rotatable bonds is 18. The van der Waals surface area contributed by atoms with Gasteiger partial charge in [0.15, 0.2) is 24.8 Å². The molecule has 0 saturated carbocycles. The molecule has 5 fully saturated rings. The van der Waals surface area contributed by atoms with Crippen molar-refractivity contribution in [2.24, 2.45) is 11.7 Å². The molecule has 10 rings (SSSR count). The highest BCUT2D eigenvalue weighted by Gasteiger charge is 2.72. The number of aromatic nitrogens is 10. The number of nitrogen functional groups attached to an aromatic ring is 2. The fourth-order valence-electron chi connectivity index (χ4n) is 12.0. The molecule has 31 nitrogen and oxygen atoms in total. The maximum absolute atomic E-state index is 18.8. The number of aliphatic hydroxyl groups is 4. The summed E-state index contributed by atoms with van der Waals surface area (Å²) in [5.74, 6) is -2.78. The topological polar surface area (TPSA) is 449 Å². The first kappa shape index (κ1) is 59.1. The van der Waals surface area contributed by atoms with Crippen LogP contribution in [0, 0.1) is 18.9 Å². The van der Waals surface area contributed by atoms with Crippen molar-refractivity contribution in [2.75, 3.05) is 11.5 Å². The molecule has 0 amide bonds. The average molecular weight is 1170 g/mol. The molecule has 5 aromatic rings. The average Bonchev–Trinajstić information content (AvgIpc) is 1.69. The summed E-state index contributed by atoms with van der Waals surface area (Å²) < 4.78 is 62.3. The molecule has 0 aliphatic carbocycles. The standard InChI is InChI=1S/C51H65FN13O18/c1-4-6-23-20-65(50(77)60-43(23)71)31-10-7-25(78-31)36(66)40(82-45(72)27-9-12-30(80-27)61-15-13-28(54)56-46(61)73)51(39(68)26-8-11-32(79-26)64-19-22(5-2)42(70)59-49(64)76)34(35(52)44(83-51)62-16-14-29(55)57-47(62)74)37(67)38-24(53)17-33(81-38)63-18-21(3)41(69)58-48(63)75/h13-16,18-20,24-27,30-39,44-45,66-68,72H,4-12,17,53H2,1-3H3,(H2,54,56,73)(H2,55,57,74)(H,58,69,75)(H,59,70,76)(H,60,71,77)/t24-,25-,26-,27-,30+,31+,32+,33+,34+,35+,36?,37?,38-,39?,44+,45?,51+/m0/s1. The van der Waals surface area contributed by atoms with Crippen molar-refractivity contribution in [3.8, 4) is 0 Å². The summed E-state index contributed by atoms with van der Waals surface area (Å²) in [5, 5.41) is 52.3. The number of aromatic amines is 3. The van der Waals surface area contributed by atoms with Gasteiger partial charge in [0.05, 0.1) is 24.2 Å². The molecule has 83 heavy (non-hydrogen) atoms. The molecule has 17 atom stereocenters. The van der Waals surface area contributed by atoms with Crippen LogP contribution in [0.15, 0.2) is 81.5 Å². The fraction of sp³-hybridized carbons (Fsp3) is 0.588. The predicted octanol–water partition coefficient (Wildman–Crippen LogP) is -3.04. The molecule has 4 unspecified atom stereocenters. The van der Waals surface area contributed by atoms with Gasteiger partial charge >= 0.3 is 28.4 Å². The summed E-state index contributed by atoms with van der Waals surface area (Å²) in [7, 11) is 0. The molecule has 5 aliphatic rings. The molecular formula is C51H65FN13O18. The van der Waals surface area contributed by atoms with Gasteiger partial charge < -0.3 is 66.0 Å². The number of ether oxygens (including phenoxy) is 6. The van der Waals surface area contributed by atoms with E-state index in [1.165, 1.54) is 37.8 Å². The van der Waals surface area contributed by atoms with E-state index in [-0.39, 0.29) is 86.1 Å². The highest BCUT2D eigenvalue weighted by atomic mass is 19.1. The third-order valence-corrected chi connectivity index (χ3v) is 16.1. The fourth-order valence-corrected chi connectivity index (χ4v) is 12.0. The van der Waals surface area contributed by atoms with Gasteiger partial charge in [-0.05, 0) is 70.4 Å². The van der Waals surface area contributed by atoms with Gasteiger partial charge in [-0.25, -0.2) is 28.4 Å². The number of nitrogens with one attached hydrogen (secondary N) is 3. The Kier molecular flexibility index (Phi) is 16.7. The van der Waals surface area contributed by atoms with Crippen LogP contribution < -0.4 is 62.3 Å². The van der Waals surface area contributed by atoms with Crippen molar-refractivity contribution in [1.82, 2.24) is 47.8 Å². The van der Waals surface area contributed by atoms with Crippen molar-refractivity contribution < 1.29 is 53.2 Å². The molecular weight excluding hydrogens is 1100 g/mol. The van der Waals surface area contributed by atoms with E-state index in [0.717, 1.165) is 30.5 Å². The second kappa shape index (κ2) is 23.5. The van der Waals surface area contributed by atoms with Crippen LogP contribution in [-0.2, 0) is 41.3 Å². The third-order valence-electron chi connectivity index (χ3n) is 16.1.